The van der Waals surface area contributed by atoms with E-state index in [1.807, 2.05) is 30.3 Å². The number of benzene rings is 1. The van der Waals surface area contributed by atoms with Crippen molar-refractivity contribution in [2.24, 2.45) is 0 Å². The van der Waals surface area contributed by atoms with Crippen LogP contribution in [0.1, 0.15) is 5.56 Å². The first-order chi connectivity index (χ1) is 9.13. The molecular formula is C13H17BrO5. The van der Waals surface area contributed by atoms with Gasteiger partial charge < -0.3 is 24.8 Å². The summed E-state index contributed by atoms with van der Waals surface area (Å²) >= 11 is 3.25. The molecule has 6 heteroatoms. The van der Waals surface area contributed by atoms with Gasteiger partial charge in [0.2, 0.25) is 0 Å². The fourth-order valence-electron chi connectivity index (χ4n) is 1.99. The third-order valence-corrected chi connectivity index (χ3v) is 3.83. The highest BCUT2D eigenvalue weighted by molar-refractivity contribution is 9.09. The number of rotatable bonds is 4. The molecule has 0 radical (unpaired) electrons. The summed E-state index contributed by atoms with van der Waals surface area (Å²) in [5, 5.41) is 28.2. The molecule has 1 heterocycles. The van der Waals surface area contributed by atoms with Crippen LogP contribution in [0.5, 0.6) is 0 Å². The molecule has 106 valence electrons. The Morgan fingerprint density at radius 2 is 1.84 bits per heavy atom. The first kappa shape index (κ1) is 14.9. The average Bonchev–Trinajstić information content (AvgIpc) is 2.44. The summed E-state index contributed by atoms with van der Waals surface area (Å²) in [7, 11) is 0. The summed E-state index contributed by atoms with van der Waals surface area (Å²) in [6, 6.07) is 9.52. The van der Waals surface area contributed by atoms with Crippen LogP contribution in [0.15, 0.2) is 30.3 Å². The van der Waals surface area contributed by atoms with Gasteiger partial charge in [0.1, 0.15) is 29.4 Å². The van der Waals surface area contributed by atoms with Crippen LogP contribution in [0.25, 0.3) is 0 Å². The van der Waals surface area contributed by atoms with Gasteiger partial charge in [0, 0.05) is 0 Å². The molecule has 0 spiro atoms. The minimum absolute atomic E-state index is 0.310. The van der Waals surface area contributed by atoms with Crippen LogP contribution in [0.3, 0.4) is 0 Å². The molecule has 19 heavy (non-hydrogen) atoms. The van der Waals surface area contributed by atoms with E-state index in [1.165, 1.54) is 0 Å². The Hall–Kier alpha value is -0.500. The summed E-state index contributed by atoms with van der Waals surface area (Å²) in [5.41, 5.74) is 0.966. The largest absolute Gasteiger partial charge is 0.394 e. The first-order valence-electron chi connectivity index (χ1n) is 6.05. The molecule has 1 saturated heterocycles. The van der Waals surface area contributed by atoms with Crippen LogP contribution >= 0.6 is 15.9 Å². The molecule has 0 amide bonds. The van der Waals surface area contributed by atoms with E-state index < -0.39 is 29.4 Å². The van der Waals surface area contributed by atoms with Gasteiger partial charge in [-0.05, 0) is 5.56 Å². The maximum atomic E-state index is 9.99. The molecular weight excluding hydrogens is 316 g/mol. The van der Waals surface area contributed by atoms with Crippen molar-refractivity contribution < 1.29 is 24.8 Å². The second-order valence-electron chi connectivity index (χ2n) is 4.45. The Bertz CT molecular complexity index is 388. The summed E-state index contributed by atoms with van der Waals surface area (Å²) in [4.78, 5) is 0. The van der Waals surface area contributed by atoms with Crippen molar-refractivity contribution in [3.63, 3.8) is 0 Å². The quantitative estimate of drug-likeness (QED) is 0.696. The molecule has 0 aromatic heterocycles. The van der Waals surface area contributed by atoms with Gasteiger partial charge in [-0.2, -0.15) is 0 Å². The Balaban J connectivity index is 1.96. The van der Waals surface area contributed by atoms with Gasteiger partial charge in [0.25, 0.3) is 0 Å². The predicted octanol–water partition coefficient (Wildman–Crippen LogP) is 0.406. The molecule has 0 saturated carbocycles. The van der Waals surface area contributed by atoms with Crippen molar-refractivity contribution in [2.45, 2.75) is 36.0 Å². The number of hydrogen-bond donors (Lipinski definition) is 3. The Kier molecular flexibility index (Phi) is 5.32. The highest BCUT2D eigenvalue weighted by Gasteiger charge is 2.43. The van der Waals surface area contributed by atoms with Crippen molar-refractivity contribution in [1.82, 2.24) is 0 Å². The topological polar surface area (TPSA) is 79.2 Å². The lowest BCUT2D eigenvalue weighted by Crippen LogP contribution is -2.57. The van der Waals surface area contributed by atoms with Crippen molar-refractivity contribution in [3.05, 3.63) is 35.9 Å². The van der Waals surface area contributed by atoms with Crippen molar-refractivity contribution in [3.8, 4) is 0 Å². The molecule has 1 aromatic rings. The zero-order chi connectivity index (χ0) is 13.8. The maximum Gasteiger partial charge on any atom is 0.141 e. The highest BCUT2D eigenvalue weighted by atomic mass is 79.9. The van der Waals surface area contributed by atoms with Crippen LogP contribution < -0.4 is 0 Å². The zero-order valence-corrected chi connectivity index (χ0v) is 11.8. The van der Waals surface area contributed by atoms with Crippen LogP contribution in [-0.4, -0.2) is 51.4 Å². The number of aliphatic hydroxyl groups excluding tert-OH is 3. The monoisotopic (exact) mass is 332 g/mol. The summed E-state index contributed by atoms with van der Waals surface area (Å²) < 4.78 is 10.9. The number of aliphatic hydroxyl groups is 3. The average molecular weight is 333 g/mol. The lowest BCUT2D eigenvalue weighted by atomic mass is 10.0. The highest BCUT2D eigenvalue weighted by Crippen LogP contribution is 2.27. The van der Waals surface area contributed by atoms with Crippen LogP contribution in [0.2, 0.25) is 0 Å². The van der Waals surface area contributed by atoms with E-state index in [0.29, 0.717) is 6.61 Å². The molecule has 1 aromatic carbocycles. The van der Waals surface area contributed by atoms with E-state index in [-0.39, 0.29) is 6.61 Å². The van der Waals surface area contributed by atoms with E-state index in [9.17, 15) is 10.2 Å². The molecule has 1 aliphatic heterocycles. The van der Waals surface area contributed by atoms with E-state index in [2.05, 4.69) is 15.9 Å². The molecule has 5 nitrogen and oxygen atoms in total. The summed E-state index contributed by atoms with van der Waals surface area (Å²) in [6.07, 6.45) is -3.78. The minimum atomic E-state index is -1.17. The maximum absolute atomic E-state index is 9.99. The number of ether oxygens (including phenoxy) is 2. The van der Waals surface area contributed by atoms with Crippen molar-refractivity contribution in [1.29, 1.82) is 0 Å². The molecule has 2 rings (SSSR count). The second kappa shape index (κ2) is 6.78. The Labute approximate surface area is 119 Å². The molecule has 3 N–H and O–H groups in total. The SMILES string of the molecule is OC[C@H]1OC(Br)[C@H](OCc2ccccc2)[C@@H](O)[C@H]1O. The Morgan fingerprint density at radius 3 is 2.47 bits per heavy atom. The van der Waals surface area contributed by atoms with Crippen molar-refractivity contribution in [2.75, 3.05) is 6.61 Å². The fraction of sp³-hybridized carbons (Fsp3) is 0.538. The van der Waals surface area contributed by atoms with E-state index >= 15 is 0 Å². The number of halogens is 1. The van der Waals surface area contributed by atoms with E-state index in [4.69, 9.17) is 14.6 Å². The first-order valence-corrected chi connectivity index (χ1v) is 6.97. The van der Waals surface area contributed by atoms with Gasteiger partial charge in [-0.15, -0.1) is 0 Å². The molecule has 1 aliphatic rings. The summed E-state index contributed by atoms with van der Waals surface area (Å²) in [6.45, 7) is -0.0454. The summed E-state index contributed by atoms with van der Waals surface area (Å²) in [5.74, 6) is 0. The molecule has 1 fully saturated rings. The molecule has 1 unspecified atom stereocenters. The molecule has 5 atom stereocenters. The third kappa shape index (κ3) is 3.53. The van der Waals surface area contributed by atoms with Gasteiger partial charge in [0.15, 0.2) is 0 Å². The van der Waals surface area contributed by atoms with Crippen LogP contribution in [0, 0.1) is 0 Å². The van der Waals surface area contributed by atoms with Gasteiger partial charge in [-0.25, -0.2) is 0 Å². The van der Waals surface area contributed by atoms with Crippen LogP contribution in [-0.2, 0) is 16.1 Å². The molecule has 0 bridgehead atoms. The zero-order valence-electron chi connectivity index (χ0n) is 10.2. The van der Waals surface area contributed by atoms with E-state index in [1.54, 1.807) is 0 Å². The smallest absolute Gasteiger partial charge is 0.141 e. The van der Waals surface area contributed by atoms with Crippen LogP contribution in [0.4, 0.5) is 0 Å². The lowest BCUT2D eigenvalue weighted by Gasteiger charge is -2.39. The predicted molar refractivity (Wildman–Crippen MR) is 71.7 cm³/mol. The van der Waals surface area contributed by atoms with Gasteiger partial charge in [-0.1, -0.05) is 46.3 Å². The van der Waals surface area contributed by atoms with E-state index in [0.717, 1.165) is 5.56 Å². The Morgan fingerprint density at radius 1 is 1.16 bits per heavy atom. The normalized spacial score (nSPS) is 35.3. The van der Waals surface area contributed by atoms with Gasteiger partial charge >= 0.3 is 0 Å². The van der Waals surface area contributed by atoms with Gasteiger partial charge in [0.05, 0.1) is 13.2 Å². The van der Waals surface area contributed by atoms with Crippen molar-refractivity contribution >= 4 is 15.9 Å². The lowest BCUT2D eigenvalue weighted by molar-refractivity contribution is -0.219. The molecule has 0 aliphatic carbocycles. The van der Waals surface area contributed by atoms with Gasteiger partial charge in [-0.3, -0.25) is 0 Å². The second-order valence-corrected chi connectivity index (χ2v) is 5.35. The third-order valence-electron chi connectivity index (χ3n) is 3.10. The fourth-order valence-corrected chi connectivity index (χ4v) is 2.73. The number of alkyl halides is 1. The minimum Gasteiger partial charge on any atom is -0.394 e. The standard InChI is InChI=1S/C13H17BrO5/c14-13-12(11(17)10(16)9(6-15)19-13)18-7-8-4-2-1-3-5-8/h1-5,9-13,15-17H,6-7H2/t9-,10+,11+,12-,13?/m1/s1. The number of hydrogen-bond acceptors (Lipinski definition) is 5.